The minimum Gasteiger partial charge on any atom is -0.452 e. The molecule has 1 aliphatic heterocycles. The van der Waals surface area contributed by atoms with Gasteiger partial charge in [0.2, 0.25) is 0 Å². The number of imide groups is 1. The number of hydrogen-bond acceptors (Lipinski definition) is 5. The van der Waals surface area contributed by atoms with Crippen molar-refractivity contribution in [2.75, 3.05) is 11.9 Å². The van der Waals surface area contributed by atoms with Crippen LogP contribution in [0.25, 0.3) is 0 Å². The largest absolute Gasteiger partial charge is 0.452 e. The van der Waals surface area contributed by atoms with Gasteiger partial charge in [-0.3, -0.25) is 19.3 Å². The van der Waals surface area contributed by atoms with Gasteiger partial charge < -0.3 is 10.1 Å². The molecule has 0 aliphatic carbocycles. The monoisotopic (exact) mass is 456 g/mol. The van der Waals surface area contributed by atoms with E-state index in [0.29, 0.717) is 5.69 Å². The Morgan fingerprint density at radius 1 is 0.912 bits per heavy atom. The molecule has 3 aromatic carbocycles. The predicted octanol–water partition coefficient (Wildman–Crippen LogP) is 4.46. The van der Waals surface area contributed by atoms with Gasteiger partial charge in [-0.05, 0) is 61.7 Å². The molecule has 1 N–H and O–H groups in total. The quantitative estimate of drug-likeness (QED) is 0.437. The van der Waals surface area contributed by atoms with E-state index in [1.54, 1.807) is 13.0 Å². The summed E-state index contributed by atoms with van der Waals surface area (Å²) in [5, 5.41) is 2.72. The van der Waals surface area contributed by atoms with E-state index in [0.717, 1.165) is 16.7 Å². The van der Waals surface area contributed by atoms with E-state index >= 15 is 0 Å². The number of fused-ring (bicyclic) bond motifs is 1. The molecule has 0 aromatic heterocycles. The van der Waals surface area contributed by atoms with E-state index in [1.165, 1.54) is 23.1 Å². The molecular weight excluding hydrogens is 432 g/mol. The van der Waals surface area contributed by atoms with Crippen molar-refractivity contribution in [1.82, 2.24) is 4.90 Å². The van der Waals surface area contributed by atoms with Gasteiger partial charge in [-0.2, -0.15) is 0 Å². The van der Waals surface area contributed by atoms with Crippen LogP contribution in [0, 0.1) is 13.8 Å². The Morgan fingerprint density at radius 2 is 1.62 bits per heavy atom. The van der Waals surface area contributed by atoms with E-state index in [-0.39, 0.29) is 16.7 Å². The van der Waals surface area contributed by atoms with Crippen LogP contribution in [0.3, 0.4) is 0 Å². The molecule has 7 nitrogen and oxygen atoms in total. The van der Waals surface area contributed by atoms with E-state index in [1.807, 2.05) is 56.3 Å². The lowest BCUT2D eigenvalue weighted by atomic mass is 10.1. The maximum atomic E-state index is 13.0. The van der Waals surface area contributed by atoms with Crippen LogP contribution >= 0.6 is 0 Å². The molecule has 3 amide bonds. The van der Waals surface area contributed by atoms with Crippen LogP contribution in [-0.4, -0.2) is 35.2 Å². The van der Waals surface area contributed by atoms with Crippen LogP contribution in [-0.2, 0) is 9.53 Å². The van der Waals surface area contributed by atoms with Gasteiger partial charge >= 0.3 is 5.97 Å². The maximum Gasteiger partial charge on any atom is 0.338 e. The second kappa shape index (κ2) is 9.31. The summed E-state index contributed by atoms with van der Waals surface area (Å²) in [7, 11) is 0. The van der Waals surface area contributed by atoms with Gasteiger partial charge in [0, 0.05) is 5.69 Å². The molecule has 172 valence electrons. The number of benzene rings is 3. The Labute approximate surface area is 197 Å². The molecule has 0 saturated carbocycles. The van der Waals surface area contributed by atoms with Gasteiger partial charge in [0.05, 0.1) is 22.7 Å². The molecule has 0 unspecified atom stereocenters. The van der Waals surface area contributed by atoms with Crippen molar-refractivity contribution in [3.63, 3.8) is 0 Å². The van der Waals surface area contributed by atoms with Crippen LogP contribution in [0.4, 0.5) is 5.69 Å². The molecule has 1 aliphatic rings. The molecule has 0 saturated heterocycles. The second-order valence-corrected chi connectivity index (χ2v) is 8.20. The highest BCUT2D eigenvalue weighted by Gasteiger charge is 2.39. The zero-order chi connectivity index (χ0) is 24.4. The molecule has 4 rings (SSSR count). The first-order valence-electron chi connectivity index (χ1n) is 10.9. The summed E-state index contributed by atoms with van der Waals surface area (Å²) in [5.74, 6) is -2.12. The Bertz CT molecular complexity index is 1300. The lowest BCUT2D eigenvalue weighted by molar-refractivity contribution is -0.119. The number of nitrogens with zero attached hydrogens (tertiary/aromatic N) is 1. The van der Waals surface area contributed by atoms with Gasteiger partial charge in [0.25, 0.3) is 17.7 Å². The Balaban J connectivity index is 1.44. The van der Waals surface area contributed by atoms with E-state index in [2.05, 4.69) is 5.32 Å². The summed E-state index contributed by atoms with van der Waals surface area (Å²) >= 11 is 0. The normalized spacial score (nSPS) is 13.4. The third-order valence-corrected chi connectivity index (χ3v) is 6.04. The van der Waals surface area contributed by atoms with Crippen molar-refractivity contribution >= 4 is 29.4 Å². The van der Waals surface area contributed by atoms with Gasteiger partial charge in [0.15, 0.2) is 6.61 Å². The first-order chi connectivity index (χ1) is 16.3. The van der Waals surface area contributed by atoms with Crippen molar-refractivity contribution < 1.29 is 23.9 Å². The average molecular weight is 456 g/mol. The standard InChI is InChI=1S/C27H24N2O5/c1-16-8-7-11-23(17(16)2)28-24(30)15-34-27(33)20-12-13-21-22(14-20)26(32)29(25(21)31)18(3)19-9-5-4-6-10-19/h4-14,18H,15H2,1-3H3,(H,28,30)/t18-/m0/s1. The van der Waals surface area contributed by atoms with Crippen molar-refractivity contribution in [3.8, 4) is 0 Å². The summed E-state index contributed by atoms with van der Waals surface area (Å²) in [4.78, 5) is 51.9. The van der Waals surface area contributed by atoms with E-state index in [9.17, 15) is 19.2 Å². The lowest BCUT2D eigenvalue weighted by Crippen LogP contribution is -2.32. The number of hydrogen-bond donors (Lipinski definition) is 1. The van der Waals surface area contributed by atoms with Crippen LogP contribution in [0.2, 0.25) is 0 Å². The van der Waals surface area contributed by atoms with Crippen LogP contribution in [0.15, 0.2) is 66.7 Å². The van der Waals surface area contributed by atoms with Crippen LogP contribution < -0.4 is 5.32 Å². The molecule has 7 heteroatoms. The highest BCUT2D eigenvalue weighted by molar-refractivity contribution is 6.22. The number of amides is 3. The van der Waals surface area contributed by atoms with Gasteiger partial charge in [-0.1, -0.05) is 42.5 Å². The number of anilines is 1. The molecule has 34 heavy (non-hydrogen) atoms. The molecule has 0 spiro atoms. The molecular formula is C27H24N2O5. The summed E-state index contributed by atoms with van der Waals surface area (Å²) < 4.78 is 5.14. The summed E-state index contributed by atoms with van der Waals surface area (Å²) in [5.41, 5.74) is 3.90. The highest BCUT2D eigenvalue weighted by atomic mass is 16.5. The minimum atomic E-state index is -0.756. The molecule has 0 fully saturated rings. The third kappa shape index (κ3) is 4.32. The van der Waals surface area contributed by atoms with E-state index < -0.39 is 36.3 Å². The summed E-state index contributed by atoms with van der Waals surface area (Å²) in [6.45, 7) is 5.13. The predicted molar refractivity (Wildman–Crippen MR) is 127 cm³/mol. The SMILES string of the molecule is Cc1cccc(NC(=O)COC(=O)c2ccc3c(c2)C(=O)N([C@@H](C)c2ccccc2)C3=O)c1C. The van der Waals surface area contributed by atoms with Crippen molar-refractivity contribution in [2.45, 2.75) is 26.8 Å². The molecule has 1 heterocycles. The number of esters is 1. The lowest BCUT2D eigenvalue weighted by Gasteiger charge is -2.22. The number of carbonyl (C=O) groups excluding carboxylic acids is 4. The molecule has 0 bridgehead atoms. The van der Waals surface area contributed by atoms with E-state index in [4.69, 9.17) is 4.74 Å². The van der Waals surface area contributed by atoms with Gasteiger partial charge in [0.1, 0.15) is 0 Å². The Morgan fingerprint density at radius 3 is 2.35 bits per heavy atom. The number of rotatable bonds is 6. The Kier molecular flexibility index (Phi) is 6.27. The van der Waals surface area contributed by atoms with Crippen molar-refractivity contribution in [3.05, 3.63) is 100 Å². The molecule has 1 atom stereocenters. The Hall–Kier alpha value is -4.26. The third-order valence-electron chi connectivity index (χ3n) is 6.04. The number of carbonyl (C=O) groups is 4. The minimum absolute atomic E-state index is 0.0913. The summed E-state index contributed by atoms with van der Waals surface area (Å²) in [6, 6.07) is 18.5. The number of ether oxygens (including phenoxy) is 1. The smallest absolute Gasteiger partial charge is 0.338 e. The molecule has 0 radical (unpaired) electrons. The first-order valence-corrected chi connectivity index (χ1v) is 10.9. The first kappa shape index (κ1) is 22.9. The zero-order valence-corrected chi connectivity index (χ0v) is 19.1. The number of aryl methyl sites for hydroxylation is 1. The van der Waals surface area contributed by atoms with Crippen molar-refractivity contribution in [2.24, 2.45) is 0 Å². The fourth-order valence-electron chi connectivity index (χ4n) is 3.91. The topological polar surface area (TPSA) is 92.8 Å². The van der Waals surface area contributed by atoms with Gasteiger partial charge in [-0.25, -0.2) is 4.79 Å². The highest BCUT2D eigenvalue weighted by Crippen LogP contribution is 2.31. The average Bonchev–Trinajstić information content (AvgIpc) is 3.09. The fourth-order valence-corrected chi connectivity index (χ4v) is 3.91. The van der Waals surface area contributed by atoms with Gasteiger partial charge in [-0.15, -0.1) is 0 Å². The van der Waals surface area contributed by atoms with Crippen molar-refractivity contribution in [1.29, 1.82) is 0 Å². The zero-order valence-electron chi connectivity index (χ0n) is 19.1. The fraction of sp³-hybridized carbons (Fsp3) is 0.185. The maximum absolute atomic E-state index is 13.0. The second-order valence-electron chi connectivity index (χ2n) is 8.20. The number of nitrogens with one attached hydrogen (secondary N) is 1. The molecule has 3 aromatic rings. The van der Waals surface area contributed by atoms with Crippen LogP contribution in [0.1, 0.15) is 60.7 Å². The summed E-state index contributed by atoms with van der Waals surface area (Å²) in [6.07, 6.45) is 0. The van der Waals surface area contributed by atoms with Crippen LogP contribution in [0.5, 0.6) is 0 Å².